The first-order valence-corrected chi connectivity index (χ1v) is 4.91. The molecule has 1 saturated carbocycles. The fourth-order valence-corrected chi connectivity index (χ4v) is 1.97. The van der Waals surface area contributed by atoms with Gasteiger partial charge in [-0.05, 0) is 0 Å². The summed E-state index contributed by atoms with van der Waals surface area (Å²) in [6.45, 7) is 0. The molecule has 1 atom stereocenters. The average Bonchev–Trinajstić information content (AvgIpc) is 2.81. The van der Waals surface area contributed by atoms with Gasteiger partial charge in [0.2, 0.25) is 0 Å². The average molecular weight is 264 g/mol. The van der Waals surface area contributed by atoms with E-state index in [2.05, 4.69) is 4.74 Å². The van der Waals surface area contributed by atoms with Crippen molar-refractivity contribution in [2.45, 2.75) is 17.8 Å². The lowest BCUT2D eigenvalue weighted by Crippen LogP contribution is -2.29. The van der Waals surface area contributed by atoms with Crippen LogP contribution < -0.4 is 4.74 Å². The molecule has 0 bridgehead atoms. The van der Waals surface area contributed by atoms with Crippen LogP contribution in [0.25, 0.3) is 0 Å². The van der Waals surface area contributed by atoms with E-state index in [0.29, 0.717) is 12.1 Å². The van der Waals surface area contributed by atoms with Gasteiger partial charge in [-0.25, -0.2) is 17.6 Å². The van der Waals surface area contributed by atoms with Crippen LogP contribution in [0.3, 0.4) is 0 Å². The summed E-state index contributed by atoms with van der Waals surface area (Å²) in [7, 11) is 1.15. The first-order valence-electron chi connectivity index (χ1n) is 4.91. The van der Waals surface area contributed by atoms with E-state index in [4.69, 9.17) is 5.11 Å². The van der Waals surface area contributed by atoms with E-state index in [9.17, 15) is 22.4 Å². The van der Waals surface area contributed by atoms with Crippen LogP contribution in [0.2, 0.25) is 0 Å². The van der Waals surface area contributed by atoms with Gasteiger partial charge in [-0.1, -0.05) is 0 Å². The summed E-state index contributed by atoms with van der Waals surface area (Å²) in [5.74, 6) is -8.53. The van der Waals surface area contributed by atoms with Crippen molar-refractivity contribution in [3.8, 4) is 5.75 Å². The molecular formula is C11H8F4O3. The number of rotatable bonds is 3. The molecule has 0 amide bonds. The highest BCUT2D eigenvalue weighted by Crippen LogP contribution is 2.62. The summed E-state index contributed by atoms with van der Waals surface area (Å²) in [6, 6.07) is 1.36. The second kappa shape index (κ2) is 3.60. The maximum absolute atomic E-state index is 13.6. The Morgan fingerprint density at radius 2 is 1.78 bits per heavy atom. The number of benzene rings is 1. The highest BCUT2D eigenvalue weighted by atomic mass is 19.3. The van der Waals surface area contributed by atoms with E-state index in [1.165, 1.54) is 0 Å². The van der Waals surface area contributed by atoms with Crippen LogP contribution >= 0.6 is 0 Å². The number of carboxylic acids is 1. The zero-order valence-corrected chi connectivity index (χ0v) is 9.14. The molecule has 0 radical (unpaired) electrons. The molecule has 1 unspecified atom stereocenters. The van der Waals surface area contributed by atoms with Crippen molar-refractivity contribution < 1.29 is 32.2 Å². The summed E-state index contributed by atoms with van der Waals surface area (Å²) in [5.41, 5.74) is -3.94. The molecule has 0 aromatic heterocycles. The van der Waals surface area contributed by atoms with Crippen LogP contribution in [0.5, 0.6) is 5.75 Å². The van der Waals surface area contributed by atoms with Crippen LogP contribution in [0.1, 0.15) is 12.0 Å². The van der Waals surface area contributed by atoms with E-state index in [-0.39, 0.29) is 5.75 Å². The number of halogens is 4. The van der Waals surface area contributed by atoms with E-state index in [0.717, 1.165) is 7.11 Å². The quantitative estimate of drug-likeness (QED) is 0.852. The predicted octanol–water partition coefficient (Wildman–Crippen LogP) is 2.33. The van der Waals surface area contributed by atoms with Crippen LogP contribution in [0.15, 0.2) is 12.1 Å². The molecular weight excluding hydrogens is 256 g/mol. The molecule has 1 aromatic rings. The van der Waals surface area contributed by atoms with Gasteiger partial charge in [0.15, 0.2) is 5.41 Å². The molecule has 98 valence electrons. The first kappa shape index (κ1) is 12.7. The summed E-state index contributed by atoms with van der Waals surface area (Å²) in [4.78, 5) is 10.9. The Morgan fingerprint density at radius 1 is 1.33 bits per heavy atom. The lowest BCUT2D eigenvalue weighted by molar-refractivity contribution is -0.143. The number of carbonyl (C=O) groups is 1. The number of aliphatic carboxylic acids is 1. The Kier molecular flexibility index (Phi) is 2.53. The molecule has 1 aliphatic rings. The number of hydrogen-bond acceptors (Lipinski definition) is 2. The van der Waals surface area contributed by atoms with Crippen LogP contribution in [0.4, 0.5) is 17.6 Å². The van der Waals surface area contributed by atoms with E-state index >= 15 is 0 Å². The molecule has 2 rings (SSSR count). The minimum absolute atomic E-state index is 0.210. The second-order valence-corrected chi connectivity index (χ2v) is 4.06. The van der Waals surface area contributed by atoms with Gasteiger partial charge < -0.3 is 9.84 Å². The molecule has 1 aliphatic carbocycles. The van der Waals surface area contributed by atoms with Crippen molar-refractivity contribution in [1.82, 2.24) is 0 Å². The Balaban J connectivity index is 2.62. The molecule has 0 saturated heterocycles. The minimum atomic E-state index is -3.66. The number of methoxy groups -OCH3 is 1. The molecule has 3 nitrogen and oxygen atoms in total. The molecule has 7 heteroatoms. The predicted molar refractivity (Wildman–Crippen MR) is 51.8 cm³/mol. The standard InChI is InChI=1S/C11H8F4O3/c1-18-5-2-6(12)8(7(13)3-5)10(9(16)17)4-11(10,14)15/h2-3H,4H2,1H3,(H,16,17). The van der Waals surface area contributed by atoms with E-state index in [1.807, 2.05) is 0 Å². The van der Waals surface area contributed by atoms with Gasteiger partial charge in [0.05, 0.1) is 7.11 Å². The van der Waals surface area contributed by atoms with Crippen molar-refractivity contribution in [1.29, 1.82) is 0 Å². The van der Waals surface area contributed by atoms with Gasteiger partial charge in [0.25, 0.3) is 5.92 Å². The van der Waals surface area contributed by atoms with Crippen LogP contribution in [-0.4, -0.2) is 24.1 Å². The lowest BCUT2D eigenvalue weighted by atomic mass is 9.94. The highest BCUT2D eigenvalue weighted by Gasteiger charge is 2.79. The van der Waals surface area contributed by atoms with Gasteiger partial charge in [-0.3, -0.25) is 4.79 Å². The fourth-order valence-electron chi connectivity index (χ4n) is 1.97. The molecule has 18 heavy (non-hydrogen) atoms. The topological polar surface area (TPSA) is 46.5 Å². The summed E-state index contributed by atoms with van der Waals surface area (Å²) in [6.07, 6.45) is -1.12. The van der Waals surface area contributed by atoms with Crippen molar-refractivity contribution in [2.75, 3.05) is 7.11 Å². The maximum Gasteiger partial charge on any atom is 0.320 e. The fraction of sp³-hybridized carbons (Fsp3) is 0.364. The third kappa shape index (κ3) is 1.46. The van der Waals surface area contributed by atoms with E-state index < -0.39 is 40.9 Å². The maximum atomic E-state index is 13.6. The smallest absolute Gasteiger partial charge is 0.320 e. The zero-order chi connectivity index (χ0) is 13.7. The third-order valence-electron chi connectivity index (χ3n) is 3.03. The Bertz CT molecular complexity index is 506. The SMILES string of the molecule is COc1cc(F)c(C2(C(=O)O)CC2(F)F)c(F)c1. The Hall–Kier alpha value is -1.79. The number of ether oxygens (including phenoxy) is 1. The van der Waals surface area contributed by atoms with Crippen molar-refractivity contribution in [3.63, 3.8) is 0 Å². The van der Waals surface area contributed by atoms with Gasteiger partial charge >= 0.3 is 5.97 Å². The van der Waals surface area contributed by atoms with Crippen LogP contribution in [-0.2, 0) is 10.2 Å². The molecule has 0 aliphatic heterocycles. The minimum Gasteiger partial charge on any atom is -0.497 e. The Morgan fingerprint density at radius 3 is 2.06 bits per heavy atom. The van der Waals surface area contributed by atoms with Crippen molar-refractivity contribution in [3.05, 3.63) is 29.3 Å². The molecule has 0 heterocycles. The van der Waals surface area contributed by atoms with Crippen LogP contribution in [0, 0.1) is 11.6 Å². The second-order valence-electron chi connectivity index (χ2n) is 4.06. The monoisotopic (exact) mass is 264 g/mol. The molecule has 1 N–H and O–H groups in total. The summed E-state index contributed by atoms with van der Waals surface area (Å²) in [5, 5.41) is 8.82. The lowest BCUT2D eigenvalue weighted by Gasteiger charge is -2.14. The third-order valence-corrected chi connectivity index (χ3v) is 3.03. The van der Waals surface area contributed by atoms with Crippen molar-refractivity contribution >= 4 is 5.97 Å². The van der Waals surface area contributed by atoms with Gasteiger partial charge in [0.1, 0.15) is 17.4 Å². The largest absolute Gasteiger partial charge is 0.497 e. The van der Waals surface area contributed by atoms with Crippen molar-refractivity contribution in [2.24, 2.45) is 0 Å². The normalized spacial score (nSPS) is 24.7. The van der Waals surface area contributed by atoms with Gasteiger partial charge in [-0.15, -0.1) is 0 Å². The summed E-state index contributed by atoms with van der Waals surface area (Å²) >= 11 is 0. The first-order chi connectivity index (χ1) is 8.26. The molecule has 0 spiro atoms. The summed E-state index contributed by atoms with van der Waals surface area (Å²) < 4.78 is 58.2. The zero-order valence-electron chi connectivity index (χ0n) is 9.14. The Labute approximate surface area is 99.0 Å². The van der Waals surface area contributed by atoms with Gasteiger partial charge in [-0.2, -0.15) is 0 Å². The number of carboxylic acid groups (broad SMARTS) is 1. The highest BCUT2D eigenvalue weighted by molar-refractivity contribution is 5.88. The number of hydrogen-bond donors (Lipinski definition) is 1. The van der Waals surface area contributed by atoms with Gasteiger partial charge in [0, 0.05) is 24.1 Å². The van der Waals surface area contributed by atoms with E-state index in [1.54, 1.807) is 0 Å². The number of alkyl halides is 2. The molecule has 1 aromatic carbocycles. The molecule has 1 fully saturated rings.